The van der Waals surface area contributed by atoms with Crippen LogP contribution in [0, 0.1) is 41.4 Å². The van der Waals surface area contributed by atoms with Crippen LogP contribution >= 0.6 is 0 Å². The second kappa shape index (κ2) is 49.7. The fourth-order valence-electron chi connectivity index (χ4n) is 6.27. The predicted octanol–water partition coefficient (Wildman–Crippen LogP) is 20.1. The Morgan fingerprint density at radius 2 is 0.656 bits per heavy atom. The Kier molecular flexibility index (Phi) is 49.4. The van der Waals surface area contributed by atoms with Gasteiger partial charge in [-0.15, -0.1) is 0 Å². The second-order valence-electron chi connectivity index (χ2n) is 22.3. The Morgan fingerprint density at radius 3 is 0.892 bits per heavy atom. The molecular weight excluding hydrogens is 1270 g/mol. The highest BCUT2D eigenvalue weighted by molar-refractivity contribution is 5.72. The van der Waals surface area contributed by atoms with E-state index in [9.17, 15) is 94.2 Å². The van der Waals surface area contributed by atoms with E-state index in [1.165, 1.54) is 62.4 Å². The van der Waals surface area contributed by atoms with E-state index >= 15 is 0 Å². The van der Waals surface area contributed by atoms with Crippen molar-refractivity contribution in [1.82, 2.24) is 0 Å². The molecule has 0 amide bonds. The van der Waals surface area contributed by atoms with Crippen molar-refractivity contribution in [3.05, 3.63) is 143 Å². The van der Waals surface area contributed by atoms with Crippen molar-refractivity contribution in [3.8, 4) is 0 Å². The van der Waals surface area contributed by atoms with Gasteiger partial charge < -0.3 is 23.7 Å². The molecule has 1 saturated carbocycles. The number of esters is 5. The molecule has 4 aromatic rings. The first-order valence-corrected chi connectivity index (χ1v) is 29.5. The maximum Gasteiger partial charge on any atom is 0.416 e. The highest BCUT2D eigenvalue weighted by Crippen LogP contribution is 2.40. The topological polar surface area (TPSA) is 132 Å². The summed E-state index contributed by atoms with van der Waals surface area (Å²) >= 11 is 0. The molecule has 0 atom stereocenters. The summed E-state index contributed by atoms with van der Waals surface area (Å²) in [6.45, 7) is 26.7. The molecule has 0 radical (unpaired) electrons. The monoisotopic (exact) mass is 1360 g/mol. The van der Waals surface area contributed by atoms with E-state index in [4.69, 9.17) is 14.2 Å². The van der Waals surface area contributed by atoms with Gasteiger partial charge in [-0.3, -0.25) is 28.4 Å². The van der Waals surface area contributed by atoms with Crippen molar-refractivity contribution < 1.29 is 118 Å². The summed E-state index contributed by atoms with van der Waals surface area (Å²) in [6.07, 6.45) is -19.3. The summed E-state index contributed by atoms with van der Waals surface area (Å²) in [5.41, 5.74) is -1.80. The van der Waals surface area contributed by atoms with Crippen LogP contribution in [0.5, 0.6) is 0 Å². The zero-order valence-electron chi connectivity index (χ0n) is 55.1. The Balaban J connectivity index is -0.000000495. The van der Waals surface area contributed by atoms with E-state index in [-0.39, 0.29) is 66.9 Å². The van der Waals surface area contributed by atoms with Gasteiger partial charge in [0.1, 0.15) is 0 Å². The van der Waals surface area contributed by atoms with Gasteiger partial charge in [0, 0.05) is 26.7 Å². The summed E-state index contributed by atoms with van der Waals surface area (Å²) in [5.74, 6) is -0.878. The van der Waals surface area contributed by atoms with Gasteiger partial charge in [-0.05, 0) is 79.4 Å². The van der Waals surface area contributed by atoms with Crippen LogP contribution in [0.4, 0.5) is 70.2 Å². The molecule has 10 nitrogen and oxygen atoms in total. The number of carbonyl (C=O) groups is 5. The minimum atomic E-state index is -4.32. The summed E-state index contributed by atoms with van der Waals surface area (Å²) in [6, 6.07) is 23.9. The van der Waals surface area contributed by atoms with Gasteiger partial charge in [0.2, 0.25) is 0 Å². The molecule has 5 rings (SSSR count). The first-order valence-electron chi connectivity index (χ1n) is 29.5. The van der Waals surface area contributed by atoms with Crippen LogP contribution < -0.4 is 0 Å². The molecule has 93 heavy (non-hydrogen) atoms. The number of ether oxygens (including phenoxy) is 5. The van der Waals surface area contributed by atoms with Crippen LogP contribution in [0.15, 0.2) is 115 Å². The highest BCUT2D eigenvalue weighted by atomic mass is 19.4. The molecule has 1 fully saturated rings. The molecule has 26 heteroatoms. The lowest BCUT2D eigenvalue weighted by molar-refractivity contribution is -0.187. The first-order chi connectivity index (χ1) is 42.8. The molecule has 1 aliphatic carbocycles. The molecule has 0 aromatic heterocycles. The van der Waals surface area contributed by atoms with Crippen molar-refractivity contribution in [2.75, 3.05) is 40.2 Å². The Labute approximate surface area is 536 Å². The van der Waals surface area contributed by atoms with E-state index in [2.05, 4.69) is 9.47 Å². The maximum absolute atomic E-state index is 12.4. The average molecular weight is 1360 g/mol. The van der Waals surface area contributed by atoms with Crippen molar-refractivity contribution in [3.63, 3.8) is 0 Å². The molecular formula is C67H92F16O10. The van der Waals surface area contributed by atoms with Gasteiger partial charge in [0.25, 0.3) is 0 Å². The Bertz CT molecular complexity index is 2390. The molecule has 4 aromatic carbocycles. The minimum Gasteiger partial charge on any atom is -0.466 e. The van der Waals surface area contributed by atoms with Crippen LogP contribution in [-0.4, -0.2) is 76.2 Å². The molecule has 0 heterocycles. The number of hydrogen-bond acceptors (Lipinski definition) is 10. The number of alkyl halides is 16. The van der Waals surface area contributed by atoms with Gasteiger partial charge in [-0.1, -0.05) is 179 Å². The third kappa shape index (κ3) is 55.3. The minimum absolute atomic E-state index is 0.0466. The summed E-state index contributed by atoms with van der Waals surface area (Å²) in [7, 11) is 0.500. The van der Waals surface area contributed by atoms with Crippen molar-refractivity contribution >= 4 is 29.8 Å². The normalized spacial score (nSPS) is 13.5. The van der Waals surface area contributed by atoms with Gasteiger partial charge in [0.15, 0.2) is 0 Å². The lowest BCUT2D eigenvalue weighted by atomic mass is 9.82. The molecule has 0 spiro atoms. The third-order valence-corrected chi connectivity index (χ3v) is 11.0. The predicted molar refractivity (Wildman–Crippen MR) is 323 cm³/mol. The van der Waals surface area contributed by atoms with Crippen molar-refractivity contribution in [1.29, 1.82) is 0 Å². The maximum atomic E-state index is 12.4. The summed E-state index contributed by atoms with van der Waals surface area (Å²) in [5, 5.41) is 0. The number of rotatable bonds is 15. The lowest BCUT2D eigenvalue weighted by Gasteiger charge is -2.28. The van der Waals surface area contributed by atoms with Gasteiger partial charge >= 0.3 is 60.7 Å². The first kappa shape index (κ1) is 92.5. The number of hydrogen-bond donors (Lipinski definition) is 0. The molecule has 0 saturated heterocycles. The standard InChI is InChI=1S/C14H17F3O2.C12H19F3O2.3C7H5F3.C7H14O2.2C6H12O2.CH3F/c1-10(2)9-19-13(18)8-5-11-3-6-12(7-4-11)14(15,16)17;1-8(2)7-17-11(16)9-3-5-10(6-4-9)12(13,14)15;3*8-7(9,10)6-4-2-1-3-5-6;1-4-7(8)9-5-6(2)3;2*1-5(2)4-8-6(3)7;1-2/h3-4,6-7,10H,5,8-9H2,1-2H3;8-10H,3-7H2,1-2H3;3*1-5H;6H,4-5H2,1-3H3;2*5H,4H2,1-3H3;1H3. The SMILES string of the molecule is CC(=O)OCC(C)C.CC(=O)OCC(C)C.CC(C)COC(=O)C1CCC(C(F)(F)F)CC1.CC(C)COC(=O)CCc1ccc(C(F)(F)F)cc1.CCC(=O)OCC(C)C.CF.FC(F)(F)c1ccccc1.FC(F)(F)c1ccccc1.FC(F)(F)c1ccccc1. The fourth-order valence-corrected chi connectivity index (χ4v) is 6.27. The third-order valence-electron chi connectivity index (χ3n) is 11.0. The van der Waals surface area contributed by atoms with Crippen molar-refractivity contribution in [2.24, 2.45) is 41.4 Å². The number of carbonyl (C=O) groups excluding carboxylic acids is 5. The number of halogens is 16. The Hall–Kier alpha value is -6.89. The quantitative estimate of drug-likeness (QED) is 0.0644. The van der Waals surface area contributed by atoms with Crippen LogP contribution in [0.3, 0.4) is 0 Å². The van der Waals surface area contributed by atoms with Gasteiger partial charge in [-0.25, -0.2) is 0 Å². The van der Waals surface area contributed by atoms with Gasteiger partial charge in [0.05, 0.1) is 74.3 Å². The molecule has 0 N–H and O–H groups in total. The summed E-state index contributed by atoms with van der Waals surface area (Å²) in [4.78, 5) is 53.6. The molecule has 1 aliphatic rings. The fraction of sp³-hybridized carbons (Fsp3) is 0.567. The average Bonchev–Trinajstić information content (AvgIpc) is 1.87. The van der Waals surface area contributed by atoms with E-state index in [0.29, 0.717) is 89.2 Å². The second-order valence-corrected chi connectivity index (χ2v) is 22.3. The Morgan fingerprint density at radius 1 is 0.387 bits per heavy atom. The number of aryl methyl sites for hydroxylation is 1. The molecule has 0 unspecified atom stereocenters. The van der Waals surface area contributed by atoms with E-state index in [1.54, 1.807) is 25.1 Å². The zero-order valence-corrected chi connectivity index (χ0v) is 55.1. The zero-order chi connectivity index (χ0) is 72.8. The summed E-state index contributed by atoms with van der Waals surface area (Å²) < 4.78 is 214. The number of benzene rings is 4. The van der Waals surface area contributed by atoms with Crippen LogP contribution in [-0.2, 0) is 78.8 Å². The van der Waals surface area contributed by atoms with Crippen LogP contribution in [0.2, 0.25) is 0 Å². The van der Waals surface area contributed by atoms with Crippen molar-refractivity contribution in [2.45, 2.75) is 166 Å². The van der Waals surface area contributed by atoms with Crippen LogP contribution in [0.1, 0.15) is 156 Å². The lowest BCUT2D eigenvalue weighted by Crippen LogP contribution is -2.31. The molecule has 0 aliphatic heterocycles. The smallest absolute Gasteiger partial charge is 0.416 e. The van der Waals surface area contributed by atoms with E-state index in [1.807, 2.05) is 69.2 Å². The molecule has 532 valence electrons. The van der Waals surface area contributed by atoms with Gasteiger partial charge in [-0.2, -0.15) is 65.9 Å². The van der Waals surface area contributed by atoms with Crippen LogP contribution in [0.25, 0.3) is 0 Å². The molecule has 0 bridgehead atoms. The largest absolute Gasteiger partial charge is 0.466 e. The highest BCUT2D eigenvalue weighted by Gasteiger charge is 2.43. The van der Waals surface area contributed by atoms with E-state index in [0.717, 1.165) is 48.5 Å². The van der Waals surface area contributed by atoms with E-state index < -0.39 is 59.1 Å².